The van der Waals surface area contributed by atoms with E-state index in [0.717, 1.165) is 29.0 Å². The number of rotatable bonds is 6. The van der Waals surface area contributed by atoms with Gasteiger partial charge < -0.3 is 10.6 Å². The number of unbranched alkanes of at least 4 members (excludes halogenated alkanes) is 2. The Labute approximate surface area is 118 Å². The molecule has 0 aliphatic carbocycles. The maximum atomic E-state index is 5.83. The fourth-order valence-corrected chi connectivity index (χ4v) is 3.11. The lowest BCUT2D eigenvalue weighted by molar-refractivity contribution is 0.702. The average molecular weight is 278 g/mol. The molecule has 0 radical (unpaired) electrons. The van der Waals surface area contributed by atoms with Crippen LogP contribution in [0.1, 0.15) is 38.0 Å². The molecule has 2 N–H and O–H groups in total. The number of aromatic nitrogens is 2. The third kappa shape index (κ3) is 3.15. The molecular weight excluding hydrogens is 256 g/mol. The Kier molecular flexibility index (Phi) is 4.58. The van der Waals surface area contributed by atoms with Crippen LogP contribution >= 0.6 is 11.3 Å². The summed E-state index contributed by atoms with van der Waals surface area (Å²) in [6.07, 6.45) is 4.69. The minimum atomic E-state index is 0.370. The van der Waals surface area contributed by atoms with Gasteiger partial charge in [0.05, 0.1) is 5.39 Å². The molecule has 2 aromatic heterocycles. The molecule has 0 aromatic carbocycles. The molecule has 2 rings (SSSR count). The van der Waals surface area contributed by atoms with E-state index >= 15 is 0 Å². The molecule has 0 bridgehead atoms. The fourth-order valence-electron chi connectivity index (χ4n) is 2.14. The van der Waals surface area contributed by atoms with E-state index in [4.69, 9.17) is 5.73 Å². The van der Waals surface area contributed by atoms with Gasteiger partial charge in [0.2, 0.25) is 5.95 Å². The van der Waals surface area contributed by atoms with Gasteiger partial charge in [-0.3, -0.25) is 0 Å². The number of nitrogens with zero attached hydrogens (tertiary/aromatic N) is 3. The van der Waals surface area contributed by atoms with Crippen LogP contribution in [0.4, 0.5) is 11.8 Å². The number of nitrogen functional groups attached to an aromatic ring is 1. The second-order valence-corrected chi connectivity index (χ2v) is 5.93. The molecule has 0 saturated carbocycles. The highest BCUT2D eigenvalue weighted by Gasteiger charge is 2.13. The van der Waals surface area contributed by atoms with Crippen molar-refractivity contribution in [1.29, 1.82) is 0 Å². The van der Waals surface area contributed by atoms with Gasteiger partial charge in [-0.1, -0.05) is 26.7 Å². The van der Waals surface area contributed by atoms with Crippen LogP contribution in [0.3, 0.4) is 0 Å². The Hall–Kier alpha value is -1.36. The normalized spacial score (nSPS) is 11.1. The Bertz CT molecular complexity index is 550. The summed E-state index contributed by atoms with van der Waals surface area (Å²) in [5.74, 6) is 1.34. The number of anilines is 2. The van der Waals surface area contributed by atoms with Gasteiger partial charge in [0, 0.05) is 18.5 Å². The van der Waals surface area contributed by atoms with E-state index in [2.05, 4.69) is 41.8 Å². The summed E-state index contributed by atoms with van der Waals surface area (Å²) in [5.41, 5.74) is 5.83. The van der Waals surface area contributed by atoms with Gasteiger partial charge in [-0.15, -0.1) is 11.3 Å². The van der Waals surface area contributed by atoms with Crippen LogP contribution in [0.5, 0.6) is 0 Å². The quantitative estimate of drug-likeness (QED) is 0.822. The zero-order valence-electron chi connectivity index (χ0n) is 11.9. The average Bonchev–Trinajstić information content (AvgIpc) is 2.80. The third-order valence-electron chi connectivity index (χ3n) is 3.25. The summed E-state index contributed by atoms with van der Waals surface area (Å²) < 4.78 is 0. The van der Waals surface area contributed by atoms with Crippen LogP contribution in [-0.2, 0) is 6.42 Å². The first kappa shape index (κ1) is 14.1. The van der Waals surface area contributed by atoms with E-state index in [1.807, 2.05) is 0 Å². The Morgan fingerprint density at radius 1 is 1.26 bits per heavy atom. The molecule has 0 amide bonds. The van der Waals surface area contributed by atoms with Crippen molar-refractivity contribution in [2.75, 3.05) is 24.2 Å². The van der Waals surface area contributed by atoms with Crippen molar-refractivity contribution in [3.05, 3.63) is 10.9 Å². The smallest absolute Gasteiger partial charge is 0.223 e. The van der Waals surface area contributed by atoms with Crippen molar-refractivity contribution in [2.45, 2.75) is 39.5 Å². The molecule has 0 fully saturated rings. The number of aryl methyl sites for hydroxylation is 1. The highest BCUT2D eigenvalue weighted by atomic mass is 32.1. The summed E-state index contributed by atoms with van der Waals surface area (Å²) in [7, 11) is 2.08. The van der Waals surface area contributed by atoms with Gasteiger partial charge in [-0.05, 0) is 18.9 Å². The van der Waals surface area contributed by atoms with Crippen LogP contribution < -0.4 is 10.6 Å². The molecule has 0 atom stereocenters. The molecule has 5 heteroatoms. The Morgan fingerprint density at radius 2 is 2.05 bits per heavy atom. The van der Waals surface area contributed by atoms with Gasteiger partial charge in [-0.25, -0.2) is 4.98 Å². The molecular formula is C14H22N4S. The molecule has 0 aliphatic heterocycles. The Morgan fingerprint density at radius 3 is 2.74 bits per heavy atom. The number of hydrogen-bond donors (Lipinski definition) is 1. The van der Waals surface area contributed by atoms with E-state index in [0.29, 0.717) is 5.95 Å². The van der Waals surface area contributed by atoms with Crippen LogP contribution in [0, 0.1) is 0 Å². The number of thiophene rings is 1. The van der Waals surface area contributed by atoms with Gasteiger partial charge >= 0.3 is 0 Å². The highest BCUT2D eigenvalue weighted by Crippen LogP contribution is 2.31. The summed E-state index contributed by atoms with van der Waals surface area (Å²) in [4.78, 5) is 13.3. The fraction of sp³-hybridized carbons (Fsp3) is 0.571. The summed E-state index contributed by atoms with van der Waals surface area (Å²) >= 11 is 1.71. The van der Waals surface area contributed by atoms with E-state index in [-0.39, 0.29) is 0 Å². The molecule has 2 aromatic rings. The SMILES string of the molecule is CCCCCN(C)c1nc(N)nc2sc(CC)cc12. The predicted octanol–water partition coefficient (Wildman–Crippen LogP) is 3.46. The van der Waals surface area contributed by atoms with E-state index in [1.54, 1.807) is 11.3 Å². The van der Waals surface area contributed by atoms with E-state index < -0.39 is 0 Å². The van der Waals surface area contributed by atoms with Crippen LogP contribution in [-0.4, -0.2) is 23.6 Å². The lowest BCUT2D eigenvalue weighted by atomic mass is 10.2. The molecule has 0 spiro atoms. The highest BCUT2D eigenvalue weighted by molar-refractivity contribution is 7.18. The molecule has 0 unspecified atom stereocenters. The molecule has 104 valence electrons. The lowest BCUT2D eigenvalue weighted by Gasteiger charge is -2.18. The maximum absolute atomic E-state index is 5.83. The molecule has 0 aliphatic rings. The van der Waals surface area contributed by atoms with E-state index in [1.165, 1.54) is 24.1 Å². The van der Waals surface area contributed by atoms with Gasteiger partial charge in [0.25, 0.3) is 0 Å². The van der Waals surface area contributed by atoms with Crippen molar-refractivity contribution >= 4 is 33.3 Å². The number of fused-ring (bicyclic) bond motifs is 1. The van der Waals surface area contributed by atoms with Crippen LogP contribution in [0.15, 0.2) is 6.07 Å². The van der Waals surface area contributed by atoms with Gasteiger partial charge in [0.1, 0.15) is 10.6 Å². The van der Waals surface area contributed by atoms with Crippen molar-refractivity contribution in [3.8, 4) is 0 Å². The standard InChI is InChI=1S/C14H22N4S/c1-4-6-7-8-18(3)12-11-9-10(5-2)19-13(11)17-14(15)16-12/h9H,4-8H2,1-3H3,(H2,15,16,17). The van der Waals surface area contributed by atoms with Crippen LogP contribution in [0.25, 0.3) is 10.2 Å². The molecule has 4 nitrogen and oxygen atoms in total. The minimum absolute atomic E-state index is 0.370. The first-order valence-corrected chi connectivity index (χ1v) is 7.74. The predicted molar refractivity (Wildman–Crippen MR) is 84.0 cm³/mol. The second kappa shape index (κ2) is 6.19. The van der Waals surface area contributed by atoms with Crippen molar-refractivity contribution in [3.63, 3.8) is 0 Å². The zero-order valence-corrected chi connectivity index (χ0v) is 12.8. The van der Waals surface area contributed by atoms with Crippen LogP contribution in [0.2, 0.25) is 0 Å². The molecule has 2 heterocycles. The first-order chi connectivity index (χ1) is 9.15. The van der Waals surface area contributed by atoms with Gasteiger partial charge in [-0.2, -0.15) is 4.98 Å². The number of nitrogens with two attached hydrogens (primary N) is 1. The number of hydrogen-bond acceptors (Lipinski definition) is 5. The van der Waals surface area contributed by atoms with Crippen molar-refractivity contribution in [1.82, 2.24) is 9.97 Å². The van der Waals surface area contributed by atoms with E-state index in [9.17, 15) is 0 Å². The summed E-state index contributed by atoms with van der Waals surface area (Å²) in [5, 5.41) is 1.13. The topological polar surface area (TPSA) is 55.0 Å². The second-order valence-electron chi connectivity index (χ2n) is 4.82. The largest absolute Gasteiger partial charge is 0.368 e. The minimum Gasteiger partial charge on any atom is -0.368 e. The lowest BCUT2D eigenvalue weighted by Crippen LogP contribution is -2.20. The molecule has 0 saturated heterocycles. The van der Waals surface area contributed by atoms with Crippen molar-refractivity contribution < 1.29 is 0 Å². The third-order valence-corrected chi connectivity index (χ3v) is 4.42. The van der Waals surface area contributed by atoms with Crippen molar-refractivity contribution in [2.24, 2.45) is 0 Å². The molecule has 19 heavy (non-hydrogen) atoms. The van der Waals surface area contributed by atoms with Gasteiger partial charge in [0.15, 0.2) is 0 Å². The maximum Gasteiger partial charge on any atom is 0.223 e. The zero-order chi connectivity index (χ0) is 13.8. The summed E-state index contributed by atoms with van der Waals surface area (Å²) in [6.45, 7) is 5.39. The Balaban J connectivity index is 2.32. The monoisotopic (exact) mass is 278 g/mol. The summed E-state index contributed by atoms with van der Waals surface area (Å²) in [6, 6.07) is 2.20. The first-order valence-electron chi connectivity index (χ1n) is 6.92.